The highest BCUT2D eigenvalue weighted by Gasteiger charge is 2.29. The van der Waals surface area contributed by atoms with Gasteiger partial charge in [-0.15, -0.1) is 0 Å². The van der Waals surface area contributed by atoms with E-state index >= 15 is 0 Å². The lowest BCUT2D eigenvalue weighted by molar-refractivity contribution is 0.339. The minimum atomic E-state index is 0.306. The van der Waals surface area contributed by atoms with Gasteiger partial charge < -0.3 is 5.32 Å². The molecule has 0 amide bonds. The first-order valence-electron chi connectivity index (χ1n) is 8.93. The Bertz CT molecular complexity index is 645. The van der Waals surface area contributed by atoms with Gasteiger partial charge in [0.15, 0.2) is 0 Å². The first-order valence-corrected chi connectivity index (χ1v) is 8.93. The zero-order valence-corrected chi connectivity index (χ0v) is 13.8. The maximum atomic E-state index is 3.84. The number of hydrogen-bond acceptors (Lipinski definition) is 2. The highest BCUT2D eigenvalue weighted by molar-refractivity contribution is 5.45. The van der Waals surface area contributed by atoms with Crippen LogP contribution in [0, 0.1) is 11.8 Å². The van der Waals surface area contributed by atoms with Gasteiger partial charge in [0.25, 0.3) is 0 Å². The second-order valence-corrected chi connectivity index (χ2v) is 7.05. The molecule has 4 unspecified atom stereocenters. The molecule has 0 fully saturated rings. The molecule has 4 aliphatic rings. The zero-order valence-electron chi connectivity index (χ0n) is 13.8. The quantitative estimate of drug-likeness (QED) is 0.801. The molecular formula is C21H26N2. The number of fused-ring (bicyclic) bond motifs is 1. The molecule has 2 heteroatoms. The lowest BCUT2D eigenvalue weighted by Crippen LogP contribution is -2.54. The molecule has 0 saturated carbocycles. The largest absolute Gasteiger partial charge is 0.373 e. The fraction of sp³-hybridized carbons (Fsp3) is 0.429. The predicted molar refractivity (Wildman–Crippen MR) is 96.6 cm³/mol. The predicted octanol–water partition coefficient (Wildman–Crippen LogP) is 4.13. The van der Waals surface area contributed by atoms with E-state index in [2.05, 4.69) is 72.2 Å². The molecule has 0 bridgehead atoms. The van der Waals surface area contributed by atoms with Crippen LogP contribution in [0.2, 0.25) is 0 Å². The summed E-state index contributed by atoms with van der Waals surface area (Å²) in [6, 6.07) is 0.317. The van der Waals surface area contributed by atoms with Gasteiger partial charge in [0.1, 0.15) is 0 Å². The van der Waals surface area contributed by atoms with Gasteiger partial charge in [-0.05, 0) is 55.7 Å². The highest BCUT2D eigenvalue weighted by atomic mass is 15.2. The van der Waals surface area contributed by atoms with Crippen LogP contribution < -0.4 is 10.6 Å². The zero-order chi connectivity index (χ0) is 15.6. The van der Waals surface area contributed by atoms with Crippen molar-refractivity contribution in [3.05, 3.63) is 71.5 Å². The molecule has 1 heterocycles. The van der Waals surface area contributed by atoms with Gasteiger partial charge in [-0.1, -0.05) is 48.6 Å². The van der Waals surface area contributed by atoms with E-state index in [1.807, 2.05) is 0 Å². The topological polar surface area (TPSA) is 24.1 Å². The average molecular weight is 306 g/mol. The molecule has 4 rings (SSSR count). The van der Waals surface area contributed by atoms with E-state index in [0.29, 0.717) is 18.1 Å². The van der Waals surface area contributed by atoms with E-state index in [0.717, 1.165) is 12.3 Å². The summed E-state index contributed by atoms with van der Waals surface area (Å²) in [4.78, 5) is 0. The van der Waals surface area contributed by atoms with Crippen molar-refractivity contribution in [2.45, 2.75) is 44.8 Å². The summed E-state index contributed by atoms with van der Waals surface area (Å²) in [5, 5.41) is 7.47. The van der Waals surface area contributed by atoms with Gasteiger partial charge in [-0.3, -0.25) is 5.32 Å². The Morgan fingerprint density at radius 3 is 2.78 bits per heavy atom. The maximum absolute atomic E-state index is 3.84. The van der Waals surface area contributed by atoms with Gasteiger partial charge >= 0.3 is 0 Å². The summed E-state index contributed by atoms with van der Waals surface area (Å²) in [6.07, 6.45) is 25.8. The second kappa shape index (κ2) is 6.37. The molecule has 3 aliphatic carbocycles. The Hall–Kier alpha value is -1.80. The summed E-state index contributed by atoms with van der Waals surface area (Å²) in [5.41, 5.74) is 4.31. The van der Waals surface area contributed by atoms with E-state index in [9.17, 15) is 0 Å². The van der Waals surface area contributed by atoms with E-state index in [-0.39, 0.29) is 0 Å². The molecule has 0 saturated heterocycles. The Morgan fingerprint density at radius 1 is 1.00 bits per heavy atom. The molecule has 2 nitrogen and oxygen atoms in total. The van der Waals surface area contributed by atoms with Crippen LogP contribution in [-0.4, -0.2) is 12.2 Å². The van der Waals surface area contributed by atoms with Gasteiger partial charge in [0.2, 0.25) is 0 Å². The van der Waals surface area contributed by atoms with Crippen LogP contribution in [0.25, 0.3) is 0 Å². The van der Waals surface area contributed by atoms with Crippen LogP contribution in [-0.2, 0) is 0 Å². The van der Waals surface area contributed by atoms with E-state index in [1.165, 1.54) is 30.5 Å². The molecule has 4 atom stereocenters. The summed E-state index contributed by atoms with van der Waals surface area (Å²) < 4.78 is 0. The molecule has 0 aromatic heterocycles. The number of nitrogens with one attached hydrogen (secondary N) is 2. The van der Waals surface area contributed by atoms with Crippen molar-refractivity contribution in [2.24, 2.45) is 11.8 Å². The monoisotopic (exact) mass is 306 g/mol. The third kappa shape index (κ3) is 3.00. The lowest BCUT2D eigenvalue weighted by Gasteiger charge is -2.38. The fourth-order valence-corrected chi connectivity index (χ4v) is 4.20. The molecule has 1 aliphatic heterocycles. The minimum Gasteiger partial charge on any atom is -0.373 e. The maximum Gasteiger partial charge on any atom is 0.0839 e. The minimum absolute atomic E-state index is 0.306. The Balaban J connectivity index is 1.61. The normalized spacial score (nSPS) is 35.8. The second-order valence-electron chi connectivity index (χ2n) is 7.05. The molecule has 23 heavy (non-hydrogen) atoms. The summed E-state index contributed by atoms with van der Waals surface area (Å²) in [6.45, 7) is 2.19. The molecule has 0 aromatic rings. The standard InChI is InChI=1S/C21H26N2/c1-15-14-20(23-21(22-15)17-9-3-2-4-10-17)19-13-7-11-16-8-5-6-12-18(16)19/h2-4,6-7,9,12-14,16-17,20-23H,5,8,10-11H2,1H3. The van der Waals surface area contributed by atoms with Crippen molar-refractivity contribution < 1.29 is 0 Å². The summed E-state index contributed by atoms with van der Waals surface area (Å²) >= 11 is 0. The van der Waals surface area contributed by atoms with Crippen molar-refractivity contribution in [3.63, 3.8) is 0 Å². The SMILES string of the molecule is CC1=CC(C2=C3C=CCCC3CC=C2)NC(C2C=CC=CC2)N1. The highest BCUT2D eigenvalue weighted by Crippen LogP contribution is 2.35. The van der Waals surface area contributed by atoms with Gasteiger partial charge in [0, 0.05) is 11.6 Å². The lowest BCUT2D eigenvalue weighted by atomic mass is 9.78. The van der Waals surface area contributed by atoms with E-state index in [1.54, 1.807) is 5.57 Å². The van der Waals surface area contributed by atoms with E-state index in [4.69, 9.17) is 0 Å². The van der Waals surface area contributed by atoms with Crippen molar-refractivity contribution >= 4 is 0 Å². The van der Waals surface area contributed by atoms with Gasteiger partial charge in [-0.25, -0.2) is 0 Å². The Labute approximate surface area is 139 Å². The van der Waals surface area contributed by atoms with Crippen molar-refractivity contribution in [1.82, 2.24) is 10.6 Å². The number of allylic oxidation sites excluding steroid dienone is 8. The third-order valence-electron chi connectivity index (χ3n) is 5.41. The average Bonchev–Trinajstić information content (AvgIpc) is 2.61. The molecule has 120 valence electrons. The van der Waals surface area contributed by atoms with Crippen LogP contribution in [0.4, 0.5) is 0 Å². The van der Waals surface area contributed by atoms with Crippen LogP contribution in [0.15, 0.2) is 71.5 Å². The van der Waals surface area contributed by atoms with Crippen LogP contribution >= 0.6 is 0 Å². The first-order chi connectivity index (χ1) is 11.3. The molecule has 0 spiro atoms. The molecule has 2 N–H and O–H groups in total. The van der Waals surface area contributed by atoms with Crippen LogP contribution in [0.3, 0.4) is 0 Å². The fourth-order valence-electron chi connectivity index (χ4n) is 4.20. The van der Waals surface area contributed by atoms with Crippen LogP contribution in [0.1, 0.15) is 32.6 Å². The van der Waals surface area contributed by atoms with Gasteiger partial charge in [-0.2, -0.15) is 0 Å². The third-order valence-corrected chi connectivity index (χ3v) is 5.41. The molecule has 0 aromatic carbocycles. The van der Waals surface area contributed by atoms with E-state index < -0.39 is 0 Å². The summed E-state index contributed by atoms with van der Waals surface area (Å²) in [5.74, 6) is 1.24. The Morgan fingerprint density at radius 2 is 1.91 bits per heavy atom. The van der Waals surface area contributed by atoms with Crippen molar-refractivity contribution in [1.29, 1.82) is 0 Å². The number of rotatable bonds is 2. The van der Waals surface area contributed by atoms with Crippen LogP contribution in [0.5, 0.6) is 0 Å². The summed E-state index contributed by atoms with van der Waals surface area (Å²) in [7, 11) is 0. The first kappa shape index (κ1) is 14.8. The number of hydrogen-bond donors (Lipinski definition) is 2. The van der Waals surface area contributed by atoms with Gasteiger partial charge in [0.05, 0.1) is 12.2 Å². The Kier molecular flexibility index (Phi) is 4.09. The molecule has 0 radical (unpaired) electrons. The van der Waals surface area contributed by atoms with Crippen molar-refractivity contribution in [3.8, 4) is 0 Å². The smallest absolute Gasteiger partial charge is 0.0839 e. The molecular weight excluding hydrogens is 280 g/mol. The van der Waals surface area contributed by atoms with Crippen molar-refractivity contribution in [2.75, 3.05) is 0 Å².